The number of hydrogen-bond acceptors (Lipinski definition) is 6. The SMILES string of the molecule is CCc1nnc(NC(=O)c2cccc3c(=O)n(C)c(-c4cccc(C(F)(F)F)c4)nc23)s1. The molecule has 0 bridgehead atoms. The Bertz CT molecular complexity index is 1390. The number of benzene rings is 2. The monoisotopic (exact) mass is 459 g/mol. The lowest BCUT2D eigenvalue weighted by Gasteiger charge is -2.13. The maximum atomic E-state index is 13.2. The Labute approximate surface area is 183 Å². The van der Waals surface area contributed by atoms with Crippen LogP contribution in [-0.4, -0.2) is 25.7 Å². The molecule has 2 aromatic carbocycles. The second kappa shape index (κ2) is 8.15. The van der Waals surface area contributed by atoms with Gasteiger partial charge in [0, 0.05) is 12.6 Å². The second-order valence-electron chi connectivity index (χ2n) is 6.89. The number of nitrogens with zero attached hydrogens (tertiary/aromatic N) is 4. The van der Waals surface area contributed by atoms with Gasteiger partial charge in [0.25, 0.3) is 11.5 Å². The normalized spacial score (nSPS) is 11.7. The number of carbonyl (C=O) groups is 1. The van der Waals surface area contributed by atoms with Gasteiger partial charge in [-0.3, -0.25) is 19.5 Å². The maximum absolute atomic E-state index is 13.2. The first-order chi connectivity index (χ1) is 15.2. The maximum Gasteiger partial charge on any atom is 0.416 e. The highest BCUT2D eigenvalue weighted by molar-refractivity contribution is 7.15. The van der Waals surface area contributed by atoms with Gasteiger partial charge in [0.2, 0.25) is 5.13 Å². The quantitative estimate of drug-likeness (QED) is 0.492. The first-order valence-corrected chi connectivity index (χ1v) is 10.3. The van der Waals surface area contributed by atoms with Gasteiger partial charge < -0.3 is 0 Å². The van der Waals surface area contributed by atoms with Crippen molar-refractivity contribution in [3.8, 4) is 11.4 Å². The third kappa shape index (κ3) is 3.98. The summed E-state index contributed by atoms with van der Waals surface area (Å²) in [5.41, 5.74) is -1.06. The number of para-hydroxylation sites is 1. The molecule has 7 nitrogen and oxygen atoms in total. The minimum absolute atomic E-state index is 0.0121. The van der Waals surface area contributed by atoms with Crippen molar-refractivity contribution in [2.45, 2.75) is 19.5 Å². The molecular formula is C21H16F3N5O2S. The molecule has 32 heavy (non-hydrogen) atoms. The number of amides is 1. The van der Waals surface area contributed by atoms with Gasteiger partial charge >= 0.3 is 6.18 Å². The van der Waals surface area contributed by atoms with Gasteiger partial charge in [0.15, 0.2) is 0 Å². The van der Waals surface area contributed by atoms with Crippen LogP contribution in [0.25, 0.3) is 22.3 Å². The topological polar surface area (TPSA) is 89.8 Å². The zero-order valence-corrected chi connectivity index (χ0v) is 17.7. The fourth-order valence-corrected chi connectivity index (χ4v) is 3.86. The zero-order chi connectivity index (χ0) is 23.0. The number of aryl methyl sites for hydroxylation is 1. The number of carbonyl (C=O) groups excluding carboxylic acids is 1. The van der Waals surface area contributed by atoms with E-state index in [1.54, 1.807) is 6.07 Å². The van der Waals surface area contributed by atoms with E-state index in [1.165, 1.54) is 42.6 Å². The molecule has 0 fully saturated rings. The summed E-state index contributed by atoms with van der Waals surface area (Å²) < 4.78 is 40.7. The lowest BCUT2D eigenvalue weighted by molar-refractivity contribution is -0.137. The van der Waals surface area contributed by atoms with Crippen molar-refractivity contribution < 1.29 is 18.0 Å². The summed E-state index contributed by atoms with van der Waals surface area (Å²) in [6.45, 7) is 1.91. The van der Waals surface area contributed by atoms with Crippen LogP contribution in [0.2, 0.25) is 0 Å². The Morgan fingerprint density at radius 1 is 1.16 bits per heavy atom. The van der Waals surface area contributed by atoms with Gasteiger partial charge in [0.1, 0.15) is 10.8 Å². The minimum Gasteiger partial charge on any atom is -0.296 e. The summed E-state index contributed by atoms with van der Waals surface area (Å²) in [6, 6.07) is 9.08. The van der Waals surface area contributed by atoms with Crippen LogP contribution in [-0.2, 0) is 19.6 Å². The average molecular weight is 459 g/mol. The predicted octanol–water partition coefficient (Wildman–Crippen LogP) is 4.29. The fraction of sp³-hybridized carbons (Fsp3) is 0.190. The van der Waals surface area contributed by atoms with Crippen LogP contribution in [0.3, 0.4) is 0 Å². The van der Waals surface area contributed by atoms with E-state index in [0.717, 1.165) is 21.7 Å². The number of nitrogens with one attached hydrogen (secondary N) is 1. The molecule has 0 spiro atoms. The van der Waals surface area contributed by atoms with Crippen molar-refractivity contribution in [1.29, 1.82) is 0 Å². The molecule has 11 heteroatoms. The molecule has 4 rings (SSSR count). The Morgan fingerprint density at radius 3 is 2.59 bits per heavy atom. The average Bonchev–Trinajstić information content (AvgIpc) is 3.22. The van der Waals surface area contributed by atoms with Crippen molar-refractivity contribution in [2.75, 3.05) is 5.32 Å². The largest absolute Gasteiger partial charge is 0.416 e. The molecule has 1 amide bonds. The van der Waals surface area contributed by atoms with Crippen LogP contribution in [0.4, 0.5) is 18.3 Å². The van der Waals surface area contributed by atoms with Gasteiger partial charge in [-0.25, -0.2) is 4.98 Å². The molecule has 0 aliphatic carbocycles. The number of aromatic nitrogens is 4. The van der Waals surface area contributed by atoms with Gasteiger partial charge in [-0.05, 0) is 30.7 Å². The number of fused-ring (bicyclic) bond motifs is 1. The summed E-state index contributed by atoms with van der Waals surface area (Å²) in [7, 11) is 1.42. The number of anilines is 1. The van der Waals surface area contributed by atoms with Gasteiger partial charge in [0.05, 0.1) is 22.0 Å². The minimum atomic E-state index is -4.55. The molecule has 2 aromatic heterocycles. The third-order valence-electron chi connectivity index (χ3n) is 4.79. The van der Waals surface area contributed by atoms with Crippen molar-refractivity contribution in [2.24, 2.45) is 7.05 Å². The first-order valence-electron chi connectivity index (χ1n) is 9.50. The van der Waals surface area contributed by atoms with Gasteiger partial charge in [-0.15, -0.1) is 10.2 Å². The van der Waals surface area contributed by atoms with E-state index in [4.69, 9.17) is 0 Å². The van der Waals surface area contributed by atoms with Crippen molar-refractivity contribution >= 4 is 33.3 Å². The van der Waals surface area contributed by atoms with Crippen molar-refractivity contribution in [1.82, 2.24) is 19.7 Å². The Balaban J connectivity index is 1.84. The number of alkyl halides is 3. The number of rotatable bonds is 4. The summed E-state index contributed by atoms with van der Waals surface area (Å²) in [6.07, 6.45) is -3.88. The zero-order valence-electron chi connectivity index (χ0n) is 16.9. The number of hydrogen-bond donors (Lipinski definition) is 1. The summed E-state index contributed by atoms with van der Waals surface area (Å²) in [5, 5.41) is 11.7. The molecule has 1 N–H and O–H groups in total. The highest BCUT2D eigenvalue weighted by atomic mass is 32.1. The Morgan fingerprint density at radius 2 is 1.91 bits per heavy atom. The molecule has 0 radical (unpaired) electrons. The van der Waals surface area contributed by atoms with E-state index in [9.17, 15) is 22.8 Å². The van der Waals surface area contributed by atoms with Crippen LogP contribution in [0.1, 0.15) is 27.9 Å². The van der Waals surface area contributed by atoms with Crippen molar-refractivity contribution in [3.05, 3.63) is 69.0 Å². The molecule has 0 saturated heterocycles. The smallest absolute Gasteiger partial charge is 0.296 e. The summed E-state index contributed by atoms with van der Waals surface area (Å²) in [5.74, 6) is -0.539. The van der Waals surface area contributed by atoms with Crippen LogP contribution >= 0.6 is 11.3 Å². The van der Waals surface area contributed by atoms with Gasteiger partial charge in [-0.1, -0.05) is 36.5 Å². The van der Waals surface area contributed by atoms with Crippen LogP contribution in [0.5, 0.6) is 0 Å². The summed E-state index contributed by atoms with van der Waals surface area (Å²) in [4.78, 5) is 30.2. The molecular weight excluding hydrogens is 443 g/mol. The molecule has 0 aliphatic heterocycles. The molecule has 0 unspecified atom stereocenters. The molecule has 4 aromatic rings. The highest BCUT2D eigenvalue weighted by Gasteiger charge is 2.31. The third-order valence-corrected chi connectivity index (χ3v) is 5.77. The van der Waals surface area contributed by atoms with E-state index >= 15 is 0 Å². The fourth-order valence-electron chi connectivity index (χ4n) is 3.18. The predicted molar refractivity (Wildman–Crippen MR) is 115 cm³/mol. The Hall–Kier alpha value is -3.60. The lowest BCUT2D eigenvalue weighted by Crippen LogP contribution is -2.22. The number of halogens is 3. The lowest BCUT2D eigenvalue weighted by atomic mass is 10.1. The second-order valence-corrected chi connectivity index (χ2v) is 7.95. The van der Waals surface area contributed by atoms with Crippen molar-refractivity contribution in [3.63, 3.8) is 0 Å². The molecule has 2 heterocycles. The highest BCUT2D eigenvalue weighted by Crippen LogP contribution is 2.32. The van der Waals surface area contributed by atoms with E-state index in [2.05, 4.69) is 20.5 Å². The van der Waals surface area contributed by atoms with Gasteiger partial charge in [-0.2, -0.15) is 13.2 Å². The van der Waals surface area contributed by atoms with E-state index in [1.807, 2.05) is 6.92 Å². The summed E-state index contributed by atoms with van der Waals surface area (Å²) >= 11 is 1.22. The Kier molecular flexibility index (Phi) is 5.51. The van der Waals surface area contributed by atoms with E-state index < -0.39 is 23.2 Å². The molecule has 0 saturated carbocycles. The van der Waals surface area contributed by atoms with E-state index in [-0.39, 0.29) is 27.9 Å². The van der Waals surface area contributed by atoms with Crippen LogP contribution in [0.15, 0.2) is 47.3 Å². The molecule has 164 valence electrons. The standard InChI is InChI=1S/C21H16F3N5O2S/c1-3-15-27-28-20(32-15)26-18(30)13-8-5-9-14-16(13)25-17(29(2)19(14)31)11-6-4-7-12(10-11)21(22,23)24/h4-10H,3H2,1-2H3,(H,26,28,30). The first kappa shape index (κ1) is 21.6. The molecule has 0 aliphatic rings. The van der Waals surface area contributed by atoms with Crippen LogP contribution in [0, 0.1) is 0 Å². The van der Waals surface area contributed by atoms with Crippen LogP contribution < -0.4 is 10.9 Å². The van der Waals surface area contributed by atoms with E-state index in [0.29, 0.717) is 11.6 Å². The molecule has 0 atom stereocenters.